The van der Waals surface area contributed by atoms with Crippen molar-refractivity contribution in [3.63, 3.8) is 0 Å². The molecule has 0 aliphatic heterocycles. The van der Waals surface area contributed by atoms with E-state index in [1.54, 1.807) is 0 Å². The monoisotopic (exact) mass is 216 g/mol. The van der Waals surface area contributed by atoms with E-state index in [0.717, 1.165) is 6.54 Å². The molecule has 0 aliphatic rings. The fourth-order valence-electron chi connectivity index (χ4n) is 2.03. The van der Waals surface area contributed by atoms with Gasteiger partial charge in [0.25, 0.3) is 0 Å². The molecule has 2 rings (SSSR count). The number of hydrogen-bond acceptors (Lipinski definition) is 1. The minimum Gasteiger partial charge on any atom is -0.350 e. The van der Waals surface area contributed by atoms with Gasteiger partial charge in [-0.05, 0) is 24.1 Å². The second-order valence-corrected chi connectivity index (χ2v) is 4.82. The molecule has 1 aromatic heterocycles. The predicted molar refractivity (Wildman–Crippen MR) is 69.6 cm³/mol. The number of nitrogens with zero attached hydrogens (tertiary/aromatic N) is 1. The van der Waals surface area contributed by atoms with Crippen LogP contribution in [0.15, 0.2) is 24.4 Å². The number of aromatic nitrogens is 1. The highest BCUT2D eigenvalue weighted by atomic mass is 14.9. The summed E-state index contributed by atoms with van der Waals surface area (Å²) in [7, 11) is 2.11. The molecule has 2 nitrogen and oxygen atoms in total. The Labute approximate surface area is 97.3 Å². The molecule has 86 valence electrons. The zero-order valence-corrected chi connectivity index (χ0v) is 10.5. The largest absolute Gasteiger partial charge is 0.350 e. The number of aryl methyl sites for hydroxylation is 2. The first kappa shape index (κ1) is 11.2. The summed E-state index contributed by atoms with van der Waals surface area (Å²) < 4.78 is 2.21. The fraction of sp³-hybridized carbons (Fsp3) is 0.429. The van der Waals surface area contributed by atoms with E-state index < -0.39 is 0 Å². The lowest BCUT2D eigenvalue weighted by Gasteiger charge is -2.06. The summed E-state index contributed by atoms with van der Waals surface area (Å²) >= 11 is 0. The molecule has 16 heavy (non-hydrogen) atoms. The van der Waals surface area contributed by atoms with Crippen LogP contribution in [0.3, 0.4) is 0 Å². The summed E-state index contributed by atoms with van der Waals surface area (Å²) in [5.41, 5.74) is 4.02. The van der Waals surface area contributed by atoms with E-state index in [1.165, 1.54) is 22.0 Å². The van der Waals surface area contributed by atoms with E-state index in [1.807, 2.05) is 0 Å². The van der Waals surface area contributed by atoms with Crippen molar-refractivity contribution in [1.29, 1.82) is 0 Å². The lowest BCUT2D eigenvalue weighted by Crippen LogP contribution is -2.21. The minimum absolute atomic E-state index is 0.528. The molecule has 0 aliphatic carbocycles. The first-order valence-electron chi connectivity index (χ1n) is 5.86. The van der Waals surface area contributed by atoms with Gasteiger partial charge in [0.2, 0.25) is 0 Å². The molecular formula is C14H20N2. The van der Waals surface area contributed by atoms with Crippen LogP contribution >= 0.6 is 0 Å². The molecule has 0 amide bonds. The third-order valence-electron chi connectivity index (χ3n) is 2.93. The number of hydrogen-bond donors (Lipinski definition) is 1. The van der Waals surface area contributed by atoms with Gasteiger partial charge in [-0.1, -0.05) is 26.0 Å². The second kappa shape index (κ2) is 4.30. The molecular weight excluding hydrogens is 196 g/mol. The van der Waals surface area contributed by atoms with E-state index in [0.29, 0.717) is 6.04 Å². The molecule has 0 bridgehead atoms. The standard InChI is InChI=1S/C14H20N2/c1-10(2)15-8-12-9-16(4)14-7-11(3)5-6-13(12)14/h5-7,9-10,15H,8H2,1-4H3. The zero-order valence-electron chi connectivity index (χ0n) is 10.5. The van der Waals surface area contributed by atoms with E-state index in [9.17, 15) is 0 Å². The van der Waals surface area contributed by atoms with Crippen molar-refractivity contribution in [1.82, 2.24) is 9.88 Å². The first-order chi connectivity index (χ1) is 7.58. The maximum absolute atomic E-state index is 3.47. The van der Waals surface area contributed by atoms with E-state index >= 15 is 0 Å². The molecule has 0 spiro atoms. The summed E-state index contributed by atoms with van der Waals surface area (Å²) in [5.74, 6) is 0. The van der Waals surface area contributed by atoms with Crippen LogP contribution in [0.1, 0.15) is 25.0 Å². The van der Waals surface area contributed by atoms with Gasteiger partial charge in [0.05, 0.1) is 0 Å². The Balaban J connectivity index is 2.39. The lowest BCUT2D eigenvalue weighted by atomic mass is 10.1. The average Bonchev–Trinajstić information content (AvgIpc) is 2.53. The summed E-state index contributed by atoms with van der Waals surface area (Å²) in [6, 6.07) is 7.18. The van der Waals surface area contributed by atoms with Crippen molar-refractivity contribution >= 4 is 10.9 Å². The van der Waals surface area contributed by atoms with Crippen molar-refractivity contribution in [2.45, 2.75) is 33.4 Å². The van der Waals surface area contributed by atoms with Gasteiger partial charge in [-0.15, -0.1) is 0 Å². The van der Waals surface area contributed by atoms with Crippen molar-refractivity contribution in [2.24, 2.45) is 7.05 Å². The molecule has 0 radical (unpaired) electrons. The van der Waals surface area contributed by atoms with Crippen LogP contribution in [-0.4, -0.2) is 10.6 Å². The molecule has 1 N–H and O–H groups in total. The normalized spacial score (nSPS) is 11.6. The summed E-state index contributed by atoms with van der Waals surface area (Å²) in [5, 5.41) is 4.83. The van der Waals surface area contributed by atoms with Gasteiger partial charge >= 0.3 is 0 Å². The third kappa shape index (κ3) is 2.12. The number of benzene rings is 1. The minimum atomic E-state index is 0.528. The van der Waals surface area contributed by atoms with Gasteiger partial charge in [-0.25, -0.2) is 0 Å². The van der Waals surface area contributed by atoms with Crippen LogP contribution in [0, 0.1) is 6.92 Å². The Morgan fingerprint density at radius 3 is 2.75 bits per heavy atom. The maximum atomic E-state index is 3.47. The van der Waals surface area contributed by atoms with Crippen molar-refractivity contribution in [3.05, 3.63) is 35.5 Å². The number of rotatable bonds is 3. The van der Waals surface area contributed by atoms with E-state index in [4.69, 9.17) is 0 Å². The van der Waals surface area contributed by atoms with E-state index in [-0.39, 0.29) is 0 Å². The van der Waals surface area contributed by atoms with Gasteiger partial charge < -0.3 is 9.88 Å². The zero-order chi connectivity index (χ0) is 11.7. The van der Waals surface area contributed by atoms with Gasteiger partial charge in [0.15, 0.2) is 0 Å². The maximum Gasteiger partial charge on any atom is 0.0483 e. The Morgan fingerprint density at radius 1 is 1.31 bits per heavy atom. The molecule has 0 saturated carbocycles. The van der Waals surface area contributed by atoms with Gasteiger partial charge in [-0.3, -0.25) is 0 Å². The van der Waals surface area contributed by atoms with Crippen LogP contribution in [0.25, 0.3) is 10.9 Å². The molecule has 2 heteroatoms. The average molecular weight is 216 g/mol. The molecule has 1 aromatic carbocycles. The van der Waals surface area contributed by atoms with Crippen LogP contribution < -0.4 is 5.32 Å². The van der Waals surface area contributed by atoms with E-state index in [2.05, 4.69) is 62.1 Å². The highest BCUT2D eigenvalue weighted by molar-refractivity contribution is 5.84. The molecule has 0 atom stereocenters. The van der Waals surface area contributed by atoms with Crippen molar-refractivity contribution < 1.29 is 0 Å². The second-order valence-electron chi connectivity index (χ2n) is 4.82. The Morgan fingerprint density at radius 2 is 2.06 bits per heavy atom. The predicted octanol–water partition coefficient (Wildman–Crippen LogP) is 2.98. The smallest absolute Gasteiger partial charge is 0.0483 e. The lowest BCUT2D eigenvalue weighted by molar-refractivity contribution is 0.590. The number of nitrogens with one attached hydrogen (secondary N) is 1. The Bertz CT molecular complexity index is 495. The van der Waals surface area contributed by atoms with Crippen LogP contribution in [0.5, 0.6) is 0 Å². The molecule has 0 saturated heterocycles. The number of fused-ring (bicyclic) bond motifs is 1. The SMILES string of the molecule is Cc1ccc2c(CNC(C)C)cn(C)c2c1. The van der Waals surface area contributed by atoms with Gasteiger partial charge in [-0.2, -0.15) is 0 Å². The molecule has 2 aromatic rings. The first-order valence-corrected chi connectivity index (χ1v) is 5.86. The van der Waals surface area contributed by atoms with Gasteiger partial charge in [0.1, 0.15) is 0 Å². The molecule has 0 unspecified atom stereocenters. The summed E-state index contributed by atoms with van der Waals surface area (Å²) in [4.78, 5) is 0. The highest BCUT2D eigenvalue weighted by Crippen LogP contribution is 2.21. The fourth-order valence-corrected chi connectivity index (χ4v) is 2.03. The van der Waals surface area contributed by atoms with Crippen LogP contribution in [0.4, 0.5) is 0 Å². The topological polar surface area (TPSA) is 17.0 Å². The summed E-state index contributed by atoms with van der Waals surface area (Å²) in [6.45, 7) is 7.43. The van der Waals surface area contributed by atoms with Crippen molar-refractivity contribution in [2.75, 3.05) is 0 Å². The highest BCUT2D eigenvalue weighted by Gasteiger charge is 2.06. The van der Waals surface area contributed by atoms with Crippen LogP contribution in [-0.2, 0) is 13.6 Å². The van der Waals surface area contributed by atoms with Gasteiger partial charge in [0, 0.05) is 36.7 Å². The van der Waals surface area contributed by atoms with Crippen molar-refractivity contribution in [3.8, 4) is 0 Å². The Kier molecular flexibility index (Phi) is 3.01. The molecule has 0 fully saturated rings. The van der Waals surface area contributed by atoms with Crippen LogP contribution in [0.2, 0.25) is 0 Å². The quantitative estimate of drug-likeness (QED) is 0.834. The molecule has 1 heterocycles. The summed E-state index contributed by atoms with van der Waals surface area (Å²) in [6.07, 6.45) is 2.22. The third-order valence-corrected chi connectivity index (χ3v) is 2.93. The Hall–Kier alpha value is -1.28.